The van der Waals surface area contributed by atoms with Crippen LogP contribution >= 0.6 is 0 Å². The van der Waals surface area contributed by atoms with E-state index in [0.29, 0.717) is 37.3 Å². The lowest BCUT2D eigenvalue weighted by Crippen LogP contribution is -2.43. The van der Waals surface area contributed by atoms with Crippen LogP contribution in [-0.4, -0.2) is 98.8 Å². The molecule has 0 saturated carbocycles. The second-order valence-corrected chi connectivity index (χ2v) is 6.80. The molecular weight excluding hydrogens is 370 g/mol. The lowest BCUT2D eigenvalue weighted by atomic mass is 10.1. The maximum absolute atomic E-state index is 11.2. The van der Waals surface area contributed by atoms with Crippen molar-refractivity contribution in [3.8, 4) is 5.75 Å². The zero-order valence-electron chi connectivity index (χ0n) is 15.5. The standard InChI is InChI=1S/C18H25N3O7/c22-15(23)10-19-4-6-20(11-16(24)25)8-13-2-1-3-14(18(13)28)9-21(7-5-19)12-17(26)27/h1-3,28H,4-12H2,(H,22,23)(H,24,25)(H,26,27). The van der Waals surface area contributed by atoms with E-state index in [2.05, 4.69) is 0 Å². The largest absolute Gasteiger partial charge is 0.507 e. The average Bonchev–Trinajstić information content (AvgIpc) is 2.58. The number of aliphatic carboxylic acids is 3. The number of carboxylic acid groups (broad SMARTS) is 3. The molecule has 10 nitrogen and oxygen atoms in total. The predicted molar refractivity (Wildman–Crippen MR) is 98.0 cm³/mol. The normalized spacial score (nSPS) is 17.4. The number of fused-ring (bicyclic) bond motifs is 2. The van der Waals surface area contributed by atoms with Crippen LogP contribution in [0.25, 0.3) is 0 Å². The van der Waals surface area contributed by atoms with Crippen molar-refractivity contribution in [1.82, 2.24) is 14.7 Å². The first-order chi connectivity index (χ1) is 13.2. The third-order valence-electron chi connectivity index (χ3n) is 4.53. The first kappa shape index (κ1) is 21.6. The van der Waals surface area contributed by atoms with E-state index in [1.54, 1.807) is 32.9 Å². The summed E-state index contributed by atoms with van der Waals surface area (Å²) < 4.78 is 0. The summed E-state index contributed by atoms with van der Waals surface area (Å²) in [5.74, 6) is -3.01. The van der Waals surface area contributed by atoms with E-state index in [9.17, 15) is 19.5 Å². The van der Waals surface area contributed by atoms with Gasteiger partial charge in [0.1, 0.15) is 5.75 Å². The number of phenolic OH excluding ortho intramolecular Hbond substituents is 1. The summed E-state index contributed by atoms with van der Waals surface area (Å²) in [6.45, 7) is 0.869. The number of rotatable bonds is 6. The molecule has 0 unspecified atom stereocenters. The van der Waals surface area contributed by atoms with Gasteiger partial charge in [0.2, 0.25) is 0 Å². The van der Waals surface area contributed by atoms with Crippen molar-refractivity contribution >= 4 is 17.9 Å². The van der Waals surface area contributed by atoms with Crippen LogP contribution in [0.5, 0.6) is 5.75 Å². The van der Waals surface area contributed by atoms with Gasteiger partial charge in [0.15, 0.2) is 0 Å². The molecule has 0 aliphatic carbocycles. The summed E-state index contributed by atoms with van der Waals surface area (Å²) in [7, 11) is 0. The molecule has 1 aromatic carbocycles. The highest BCUT2D eigenvalue weighted by Crippen LogP contribution is 2.25. The van der Waals surface area contributed by atoms with Crippen LogP contribution in [0.15, 0.2) is 18.2 Å². The smallest absolute Gasteiger partial charge is 0.317 e. The Balaban J connectivity index is 2.32. The van der Waals surface area contributed by atoms with Gasteiger partial charge in [-0.05, 0) is 0 Å². The Bertz CT molecular complexity index is 677. The van der Waals surface area contributed by atoms with Crippen molar-refractivity contribution in [3.05, 3.63) is 29.3 Å². The minimum absolute atomic E-state index is 0.0243. The fourth-order valence-corrected chi connectivity index (χ4v) is 3.22. The molecule has 28 heavy (non-hydrogen) atoms. The number of carbonyl (C=O) groups is 3. The monoisotopic (exact) mass is 395 g/mol. The molecule has 1 aliphatic rings. The quantitative estimate of drug-likeness (QED) is 0.501. The van der Waals surface area contributed by atoms with Crippen molar-refractivity contribution in [2.24, 2.45) is 0 Å². The molecule has 0 saturated heterocycles. The van der Waals surface area contributed by atoms with Gasteiger partial charge in [0.25, 0.3) is 0 Å². The first-order valence-corrected chi connectivity index (χ1v) is 8.86. The molecule has 0 aromatic heterocycles. The third kappa shape index (κ3) is 6.80. The second-order valence-electron chi connectivity index (χ2n) is 6.80. The minimum atomic E-state index is -1.01. The van der Waals surface area contributed by atoms with Crippen LogP contribution in [0.4, 0.5) is 0 Å². The number of aromatic hydroxyl groups is 1. The van der Waals surface area contributed by atoms with Gasteiger partial charge in [-0.1, -0.05) is 18.2 Å². The molecule has 0 spiro atoms. The van der Waals surface area contributed by atoms with E-state index in [-0.39, 0.29) is 38.5 Å². The summed E-state index contributed by atoms with van der Waals surface area (Å²) >= 11 is 0. The number of benzene rings is 1. The molecule has 0 atom stereocenters. The summed E-state index contributed by atoms with van der Waals surface area (Å²) in [6.07, 6.45) is 0. The minimum Gasteiger partial charge on any atom is -0.507 e. The number of nitrogens with zero attached hydrogens (tertiary/aromatic N) is 3. The van der Waals surface area contributed by atoms with Crippen LogP contribution in [-0.2, 0) is 27.5 Å². The molecule has 1 aliphatic heterocycles. The molecule has 154 valence electrons. The first-order valence-electron chi connectivity index (χ1n) is 8.86. The summed E-state index contributed by atoms with van der Waals surface area (Å²) in [5, 5.41) is 38.0. The van der Waals surface area contributed by atoms with Crippen molar-refractivity contribution in [2.45, 2.75) is 13.1 Å². The molecular formula is C18H25N3O7. The highest BCUT2D eigenvalue weighted by molar-refractivity contribution is 5.70. The number of hydrogen-bond acceptors (Lipinski definition) is 7. The van der Waals surface area contributed by atoms with Gasteiger partial charge in [0, 0.05) is 50.4 Å². The van der Waals surface area contributed by atoms with E-state index in [4.69, 9.17) is 15.3 Å². The van der Waals surface area contributed by atoms with Gasteiger partial charge in [-0.3, -0.25) is 29.1 Å². The van der Waals surface area contributed by atoms with Crippen LogP contribution in [0.2, 0.25) is 0 Å². The van der Waals surface area contributed by atoms with Gasteiger partial charge >= 0.3 is 17.9 Å². The SMILES string of the molecule is O=C(O)CN1CCN(CC(=O)O)Cc2cccc(c2O)CN(CC(=O)O)CC1. The van der Waals surface area contributed by atoms with Gasteiger partial charge in [-0.2, -0.15) is 0 Å². The molecule has 0 radical (unpaired) electrons. The molecule has 1 heterocycles. The van der Waals surface area contributed by atoms with Crippen LogP contribution in [0.1, 0.15) is 11.1 Å². The van der Waals surface area contributed by atoms with Gasteiger partial charge in [-0.15, -0.1) is 0 Å². The van der Waals surface area contributed by atoms with Crippen LogP contribution in [0.3, 0.4) is 0 Å². The number of carboxylic acids is 3. The molecule has 2 rings (SSSR count). The molecule has 1 aromatic rings. The fraction of sp³-hybridized carbons (Fsp3) is 0.500. The van der Waals surface area contributed by atoms with Crippen LogP contribution in [0, 0.1) is 0 Å². The molecule has 2 bridgehead atoms. The number of hydrogen-bond donors (Lipinski definition) is 4. The molecule has 0 fully saturated rings. The maximum atomic E-state index is 11.2. The Morgan fingerprint density at radius 3 is 1.46 bits per heavy atom. The van der Waals surface area contributed by atoms with Crippen molar-refractivity contribution < 1.29 is 34.8 Å². The highest BCUT2D eigenvalue weighted by atomic mass is 16.4. The topological polar surface area (TPSA) is 142 Å². The van der Waals surface area contributed by atoms with Gasteiger partial charge in [-0.25, -0.2) is 0 Å². The van der Waals surface area contributed by atoms with E-state index < -0.39 is 17.9 Å². The Morgan fingerprint density at radius 1 is 0.714 bits per heavy atom. The number of phenols is 1. The Hall–Kier alpha value is -2.69. The average molecular weight is 395 g/mol. The zero-order chi connectivity index (χ0) is 20.7. The fourth-order valence-electron chi connectivity index (χ4n) is 3.22. The molecule has 4 N–H and O–H groups in total. The van der Waals surface area contributed by atoms with Crippen molar-refractivity contribution in [1.29, 1.82) is 0 Å². The Labute approximate surface area is 162 Å². The van der Waals surface area contributed by atoms with Gasteiger partial charge in [0.05, 0.1) is 19.6 Å². The van der Waals surface area contributed by atoms with Crippen LogP contribution < -0.4 is 0 Å². The summed E-state index contributed by atoms with van der Waals surface area (Å²) in [4.78, 5) is 38.4. The highest BCUT2D eigenvalue weighted by Gasteiger charge is 2.21. The summed E-state index contributed by atoms with van der Waals surface area (Å²) in [6, 6.07) is 5.12. The third-order valence-corrected chi connectivity index (χ3v) is 4.53. The van der Waals surface area contributed by atoms with E-state index in [0.717, 1.165) is 0 Å². The molecule has 10 heteroatoms. The van der Waals surface area contributed by atoms with E-state index >= 15 is 0 Å². The lowest BCUT2D eigenvalue weighted by Gasteiger charge is -2.30. The van der Waals surface area contributed by atoms with Crippen molar-refractivity contribution in [3.63, 3.8) is 0 Å². The number of para-hydroxylation sites is 1. The molecule has 0 amide bonds. The Morgan fingerprint density at radius 2 is 1.07 bits per heavy atom. The zero-order valence-corrected chi connectivity index (χ0v) is 15.5. The predicted octanol–water partition coefficient (Wildman–Crippen LogP) is -0.434. The maximum Gasteiger partial charge on any atom is 0.317 e. The van der Waals surface area contributed by atoms with E-state index in [1.165, 1.54) is 0 Å². The summed E-state index contributed by atoms with van der Waals surface area (Å²) in [5.41, 5.74) is 1.08. The van der Waals surface area contributed by atoms with Gasteiger partial charge < -0.3 is 20.4 Å². The Kier molecular flexibility index (Phi) is 7.73. The van der Waals surface area contributed by atoms with Crippen molar-refractivity contribution in [2.75, 3.05) is 45.8 Å². The lowest BCUT2D eigenvalue weighted by molar-refractivity contribution is -0.140. The second kappa shape index (κ2) is 10.0. The van der Waals surface area contributed by atoms with E-state index in [1.807, 2.05) is 0 Å².